The van der Waals surface area contributed by atoms with Crippen molar-refractivity contribution in [3.05, 3.63) is 64.2 Å². The third kappa shape index (κ3) is 2.46. The van der Waals surface area contributed by atoms with Crippen molar-refractivity contribution in [3.8, 4) is 5.75 Å². The molecule has 4 heteroatoms. The number of phenols is 1. The van der Waals surface area contributed by atoms with E-state index in [1.165, 1.54) is 12.1 Å². The van der Waals surface area contributed by atoms with Gasteiger partial charge in [-0.1, -0.05) is 41.9 Å². The lowest BCUT2D eigenvalue weighted by Gasteiger charge is -2.10. The third-order valence-electron chi connectivity index (χ3n) is 2.67. The molecule has 2 aromatic rings. The molecule has 0 saturated carbocycles. The van der Waals surface area contributed by atoms with E-state index < -0.39 is 5.97 Å². The standard InChI is InChI=1S/C14H11ClO3/c15-11-6-7-12(16)10(13(11)14(17)18)8-9-4-2-1-3-5-9/h1-7,16H,8H2,(H,17,18). The highest BCUT2D eigenvalue weighted by molar-refractivity contribution is 6.33. The molecule has 0 unspecified atom stereocenters. The average molecular weight is 263 g/mol. The van der Waals surface area contributed by atoms with Crippen molar-refractivity contribution in [1.29, 1.82) is 0 Å². The second kappa shape index (κ2) is 5.10. The van der Waals surface area contributed by atoms with Gasteiger partial charge in [0.15, 0.2) is 0 Å². The molecule has 0 radical (unpaired) electrons. The van der Waals surface area contributed by atoms with Crippen LogP contribution in [0, 0.1) is 0 Å². The Balaban J connectivity index is 2.50. The lowest BCUT2D eigenvalue weighted by atomic mass is 9.98. The molecule has 0 fully saturated rings. The summed E-state index contributed by atoms with van der Waals surface area (Å²) in [6.45, 7) is 0. The van der Waals surface area contributed by atoms with Gasteiger partial charge >= 0.3 is 5.97 Å². The van der Waals surface area contributed by atoms with Crippen molar-refractivity contribution >= 4 is 17.6 Å². The number of phenolic OH excluding ortho intramolecular Hbond substituents is 1. The van der Waals surface area contributed by atoms with Crippen LogP contribution in [-0.2, 0) is 6.42 Å². The first-order chi connectivity index (χ1) is 8.59. The highest BCUT2D eigenvalue weighted by Gasteiger charge is 2.18. The highest BCUT2D eigenvalue weighted by Crippen LogP contribution is 2.30. The molecule has 0 aliphatic carbocycles. The number of halogens is 1. The van der Waals surface area contributed by atoms with Gasteiger partial charge in [-0.3, -0.25) is 0 Å². The van der Waals surface area contributed by atoms with E-state index in [0.29, 0.717) is 12.0 Å². The Hall–Kier alpha value is -2.00. The summed E-state index contributed by atoms with van der Waals surface area (Å²) in [6.07, 6.45) is 0.328. The largest absolute Gasteiger partial charge is 0.508 e. The van der Waals surface area contributed by atoms with Gasteiger partial charge in [0.25, 0.3) is 0 Å². The van der Waals surface area contributed by atoms with Crippen molar-refractivity contribution in [3.63, 3.8) is 0 Å². The molecule has 0 amide bonds. The summed E-state index contributed by atoms with van der Waals surface area (Å²) >= 11 is 5.87. The van der Waals surface area contributed by atoms with Gasteiger partial charge in [-0.05, 0) is 17.7 Å². The number of aromatic hydroxyl groups is 1. The van der Waals surface area contributed by atoms with Gasteiger partial charge in [0.05, 0.1) is 10.6 Å². The second-order valence-corrected chi connectivity index (χ2v) is 4.29. The van der Waals surface area contributed by atoms with E-state index in [9.17, 15) is 9.90 Å². The molecule has 0 heterocycles. The van der Waals surface area contributed by atoms with Crippen LogP contribution in [0.2, 0.25) is 5.02 Å². The molecule has 2 rings (SSSR count). The molecule has 0 aliphatic rings. The first kappa shape index (κ1) is 12.5. The molecule has 0 aliphatic heterocycles. The zero-order valence-corrected chi connectivity index (χ0v) is 10.2. The van der Waals surface area contributed by atoms with E-state index in [1.807, 2.05) is 30.3 Å². The Morgan fingerprint density at radius 1 is 1.11 bits per heavy atom. The summed E-state index contributed by atoms with van der Waals surface area (Å²) in [5, 5.41) is 19.1. The highest BCUT2D eigenvalue weighted by atomic mass is 35.5. The summed E-state index contributed by atoms with van der Waals surface area (Å²) in [7, 11) is 0. The molecule has 0 bridgehead atoms. The van der Waals surface area contributed by atoms with Gasteiger partial charge < -0.3 is 10.2 Å². The van der Waals surface area contributed by atoms with Crippen molar-refractivity contribution < 1.29 is 15.0 Å². The molecular formula is C14H11ClO3. The molecule has 0 aromatic heterocycles. The minimum absolute atomic E-state index is 0.0412. The molecule has 3 nitrogen and oxygen atoms in total. The Bertz CT molecular complexity index is 579. The van der Waals surface area contributed by atoms with Crippen molar-refractivity contribution in [1.82, 2.24) is 0 Å². The van der Waals surface area contributed by atoms with Crippen LogP contribution in [0.1, 0.15) is 21.5 Å². The number of hydrogen-bond donors (Lipinski definition) is 2. The molecule has 18 heavy (non-hydrogen) atoms. The number of rotatable bonds is 3. The molecule has 0 atom stereocenters. The normalized spacial score (nSPS) is 10.3. The number of carbonyl (C=O) groups is 1. The smallest absolute Gasteiger partial charge is 0.337 e. The monoisotopic (exact) mass is 262 g/mol. The quantitative estimate of drug-likeness (QED) is 0.892. The van der Waals surface area contributed by atoms with E-state index in [1.54, 1.807) is 0 Å². The Morgan fingerprint density at radius 3 is 2.39 bits per heavy atom. The number of hydrogen-bond acceptors (Lipinski definition) is 2. The van der Waals surface area contributed by atoms with Crippen LogP contribution in [-0.4, -0.2) is 16.2 Å². The van der Waals surface area contributed by atoms with E-state index in [4.69, 9.17) is 16.7 Å². The molecule has 2 aromatic carbocycles. The third-order valence-corrected chi connectivity index (χ3v) is 2.99. The van der Waals surface area contributed by atoms with Crippen LogP contribution in [0.3, 0.4) is 0 Å². The summed E-state index contributed by atoms with van der Waals surface area (Å²) in [6, 6.07) is 12.1. The number of benzene rings is 2. The minimum atomic E-state index is -1.14. The Labute approximate surface area is 109 Å². The fourth-order valence-electron chi connectivity index (χ4n) is 1.82. The first-order valence-corrected chi connectivity index (χ1v) is 5.75. The minimum Gasteiger partial charge on any atom is -0.508 e. The van der Waals surface area contributed by atoms with Gasteiger partial charge in [-0.2, -0.15) is 0 Å². The summed E-state index contributed by atoms with van der Waals surface area (Å²) in [5.74, 6) is -1.19. The molecular weight excluding hydrogens is 252 g/mol. The summed E-state index contributed by atoms with van der Waals surface area (Å²) < 4.78 is 0. The molecule has 92 valence electrons. The van der Waals surface area contributed by atoms with Crippen molar-refractivity contribution in [2.24, 2.45) is 0 Å². The predicted molar refractivity (Wildman–Crippen MR) is 69.3 cm³/mol. The van der Waals surface area contributed by atoms with Crippen LogP contribution < -0.4 is 0 Å². The second-order valence-electron chi connectivity index (χ2n) is 3.89. The fourth-order valence-corrected chi connectivity index (χ4v) is 2.08. The van der Waals surface area contributed by atoms with Gasteiger partial charge in [-0.15, -0.1) is 0 Å². The predicted octanol–water partition coefficient (Wildman–Crippen LogP) is 3.33. The van der Waals surface area contributed by atoms with Gasteiger partial charge in [-0.25, -0.2) is 4.79 Å². The van der Waals surface area contributed by atoms with E-state index in [-0.39, 0.29) is 16.3 Å². The van der Waals surface area contributed by atoms with Crippen molar-refractivity contribution in [2.45, 2.75) is 6.42 Å². The van der Waals surface area contributed by atoms with Crippen molar-refractivity contribution in [2.75, 3.05) is 0 Å². The van der Waals surface area contributed by atoms with E-state index in [2.05, 4.69) is 0 Å². The topological polar surface area (TPSA) is 57.5 Å². The first-order valence-electron chi connectivity index (χ1n) is 5.37. The molecule has 2 N–H and O–H groups in total. The lowest BCUT2D eigenvalue weighted by molar-refractivity contribution is 0.0695. The van der Waals surface area contributed by atoms with Gasteiger partial charge in [0, 0.05) is 12.0 Å². The van der Waals surface area contributed by atoms with E-state index >= 15 is 0 Å². The number of carboxylic acid groups (broad SMARTS) is 1. The van der Waals surface area contributed by atoms with Crippen LogP contribution >= 0.6 is 11.6 Å². The maximum atomic E-state index is 11.2. The van der Waals surface area contributed by atoms with E-state index in [0.717, 1.165) is 5.56 Å². The zero-order chi connectivity index (χ0) is 13.1. The average Bonchev–Trinajstić information content (AvgIpc) is 2.35. The summed E-state index contributed by atoms with van der Waals surface area (Å²) in [5.41, 5.74) is 1.21. The summed E-state index contributed by atoms with van der Waals surface area (Å²) in [4.78, 5) is 11.2. The maximum Gasteiger partial charge on any atom is 0.337 e. The van der Waals surface area contributed by atoms with Gasteiger partial charge in [0.1, 0.15) is 5.75 Å². The SMILES string of the molecule is O=C(O)c1c(Cl)ccc(O)c1Cc1ccccc1. The van der Waals surface area contributed by atoms with Crippen LogP contribution in [0.5, 0.6) is 5.75 Å². The zero-order valence-electron chi connectivity index (χ0n) is 9.43. The molecule has 0 saturated heterocycles. The fraction of sp³-hybridized carbons (Fsp3) is 0.0714. The maximum absolute atomic E-state index is 11.2. The molecule has 0 spiro atoms. The number of carboxylic acids is 1. The van der Waals surface area contributed by atoms with Crippen LogP contribution in [0.4, 0.5) is 0 Å². The lowest BCUT2D eigenvalue weighted by Crippen LogP contribution is -2.04. The Kier molecular flexibility index (Phi) is 3.53. The van der Waals surface area contributed by atoms with Crippen LogP contribution in [0.15, 0.2) is 42.5 Å². The Morgan fingerprint density at radius 2 is 1.78 bits per heavy atom. The van der Waals surface area contributed by atoms with Gasteiger partial charge in [0.2, 0.25) is 0 Å². The van der Waals surface area contributed by atoms with Crippen LogP contribution in [0.25, 0.3) is 0 Å². The number of aromatic carboxylic acids is 1.